The van der Waals surface area contributed by atoms with Crippen molar-refractivity contribution < 1.29 is 9.53 Å². The number of methoxy groups -OCH3 is 1. The van der Waals surface area contributed by atoms with Gasteiger partial charge in [0.1, 0.15) is 0 Å². The molecule has 1 atom stereocenters. The van der Waals surface area contributed by atoms with Crippen molar-refractivity contribution in [2.24, 2.45) is 5.41 Å². The van der Waals surface area contributed by atoms with Gasteiger partial charge in [-0.15, -0.1) is 0 Å². The lowest BCUT2D eigenvalue weighted by Gasteiger charge is -2.40. The van der Waals surface area contributed by atoms with Gasteiger partial charge in [-0.1, -0.05) is 18.2 Å². The second kappa shape index (κ2) is 7.46. The Morgan fingerprint density at radius 2 is 1.96 bits per heavy atom. The average Bonchev–Trinajstić information content (AvgIpc) is 2.94. The summed E-state index contributed by atoms with van der Waals surface area (Å²) in [5.74, 6) is 0.195. The van der Waals surface area contributed by atoms with Gasteiger partial charge in [0, 0.05) is 44.4 Å². The van der Waals surface area contributed by atoms with Crippen molar-refractivity contribution in [3.8, 4) is 0 Å². The molecule has 0 N–H and O–H groups in total. The summed E-state index contributed by atoms with van der Waals surface area (Å²) in [6.07, 6.45) is 3.41. The molecule has 1 amide bonds. The Balaban J connectivity index is 1.65. The van der Waals surface area contributed by atoms with E-state index in [0.29, 0.717) is 17.5 Å². The third kappa shape index (κ3) is 3.75. The monoisotopic (exact) mass is 344 g/mol. The first-order chi connectivity index (χ1) is 12.0. The van der Waals surface area contributed by atoms with Crippen LogP contribution in [0.25, 0.3) is 0 Å². The van der Waals surface area contributed by atoms with Crippen LogP contribution in [0.1, 0.15) is 49.0 Å². The molecule has 1 aromatic carbocycles. The molecule has 1 aromatic rings. The van der Waals surface area contributed by atoms with Gasteiger partial charge in [-0.3, -0.25) is 9.69 Å². The van der Waals surface area contributed by atoms with Crippen LogP contribution < -0.4 is 0 Å². The lowest BCUT2D eigenvalue weighted by Crippen LogP contribution is -2.45. The Kier molecular flexibility index (Phi) is 5.49. The number of hydrogen-bond acceptors (Lipinski definition) is 3. The molecular weight excluding hydrogens is 312 g/mol. The van der Waals surface area contributed by atoms with Crippen molar-refractivity contribution in [2.75, 3.05) is 33.4 Å². The fraction of sp³-hybridized carbons (Fsp3) is 0.667. The lowest BCUT2D eigenvalue weighted by atomic mass is 9.76. The quantitative estimate of drug-likeness (QED) is 0.840. The summed E-state index contributed by atoms with van der Waals surface area (Å²) in [6.45, 7) is 10.3. The van der Waals surface area contributed by atoms with Crippen LogP contribution in [-0.4, -0.2) is 61.1 Å². The van der Waals surface area contributed by atoms with Crippen molar-refractivity contribution in [3.63, 3.8) is 0 Å². The molecular formula is C21H32N2O2. The van der Waals surface area contributed by atoms with Crippen LogP contribution >= 0.6 is 0 Å². The number of nitrogens with zero attached hydrogens (tertiary/aromatic N) is 2. The fourth-order valence-corrected chi connectivity index (χ4v) is 4.68. The van der Waals surface area contributed by atoms with Crippen LogP contribution in [0.15, 0.2) is 24.3 Å². The summed E-state index contributed by atoms with van der Waals surface area (Å²) in [7, 11) is 1.80. The first kappa shape index (κ1) is 18.4. The number of amides is 1. The molecule has 138 valence electrons. The van der Waals surface area contributed by atoms with Crippen LogP contribution in [0.5, 0.6) is 0 Å². The smallest absolute Gasteiger partial charge is 0.254 e. The first-order valence-corrected chi connectivity index (χ1v) is 9.55. The van der Waals surface area contributed by atoms with E-state index in [9.17, 15) is 4.79 Å². The predicted octanol–water partition coefficient (Wildman–Crippen LogP) is 3.35. The Bertz CT molecular complexity index is 606. The molecule has 1 spiro atoms. The lowest BCUT2D eigenvalue weighted by molar-refractivity contribution is 0.0581. The van der Waals surface area contributed by atoms with Gasteiger partial charge in [0.25, 0.3) is 5.91 Å². The van der Waals surface area contributed by atoms with Crippen molar-refractivity contribution in [2.45, 2.75) is 52.1 Å². The molecule has 0 radical (unpaired) electrons. The van der Waals surface area contributed by atoms with E-state index in [4.69, 9.17) is 4.74 Å². The van der Waals surface area contributed by atoms with E-state index in [0.717, 1.165) is 50.2 Å². The first-order valence-electron chi connectivity index (χ1n) is 9.55. The topological polar surface area (TPSA) is 32.8 Å². The van der Waals surface area contributed by atoms with Gasteiger partial charge in [0.05, 0.1) is 6.61 Å². The summed E-state index contributed by atoms with van der Waals surface area (Å²) in [4.78, 5) is 17.5. The number of benzene rings is 1. The summed E-state index contributed by atoms with van der Waals surface area (Å²) in [5.41, 5.74) is 2.28. The van der Waals surface area contributed by atoms with E-state index in [1.165, 1.54) is 6.42 Å². The van der Waals surface area contributed by atoms with E-state index in [2.05, 4.69) is 23.6 Å². The van der Waals surface area contributed by atoms with Crippen molar-refractivity contribution in [1.29, 1.82) is 0 Å². The molecule has 0 aromatic heterocycles. The third-order valence-corrected chi connectivity index (χ3v) is 6.16. The number of aryl methyl sites for hydroxylation is 1. The molecule has 2 aliphatic rings. The van der Waals surface area contributed by atoms with Gasteiger partial charge in [0.15, 0.2) is 0 Å². The molecule has 3 rings (SSSR count). The minimum atomic E-state index is 0.195. The number of carbonyl (C=O) groups is 1. The maximum absolute atomic E-state index is 12.9. The maximum atomic E-state index is 12.9. The van der Waals surface area contributed by atoms with Crippen LogP contribution in [0.4, 0.5) is 0 Å². The SMILES string of the molecule is COC[C@H]1CC2(CCN(C(=O)c3ccccc3C)CC2)CN1C(C)C. The van der Waals surface area contributed by atoms with Crippen molar-refractivity contribution in [3.05, 3.63) is 35.4 Å². The Morgan fingerprint density at radius 3 is 2.56 bits per heavy atom. The van der Waals surface area contributed by atoms with Crippen LogP contribution in [-0.2, 0) is 4.74 Å². The second-order valence-corrected chi connectivity index (χ2v) is 8.19. The number of likely N-dealkylation sites (tertiary alicyclic amines) is 2. The van der Waals surface area contributed by atoms with Gasteiger partial charge in [-0.2, -0.15) is 0 Å². The molecule has 0 saturated carbocycles. The number of piperidine rings is 1. The molecule has 2 heterocycles. The molecule has 4 nitrogen and oxygen atoms in total. The molecule has 0 aliphatic carbocycles. The van der Waals surface area contributed by atoms with E-state index < -0.39 is 0 Å². The molecule has 2 aliphatic heterocycles. The number of rotatable bonds is 4. The van der Waals surface area contributed by atoms with Crippen LogP contribution in [0, 0.1) is 12.3 Å². The second-order valence-electron chi connectivity index (χ2n) is 8.19. The highest BCUT2D eigenvalue weighted by molar-refractivity contribution is 5.95. The summed E-state index contributed by atoms with van der Waals surface area (Å²) < 4.78 is 5.46. The van der Waals surface area contributed by atoms with Crippen molar-refractivity contribution >= 4 is 5.91 Å². The largest absolute Gasteiger partial charge is 0.383 e. The van der Waals surface area contributed by atoms with Gasteiger partial charge in [-0.05, 0) is 57.1 Å². The van der Waals surface area contributed by atoms with Gasteiger partial charge < -0.3 is 9.64 Å². The Labute approximate surface area is 152 Å². The molecule has 4 heteroatoms. The maximum Gasteiger partial charge on any atom is 0.254 e. The minimum Gasteiger partial charge on any atom is -0.383 e. The highest BCUT2D eigenvalue weighted by Gasteiger charge is 2.46. The zero-order valence-electron chi connectivity index (χ0n) is 16.1. The Hall–Kier alpha value is -1.39. The molecule has 0 unspecified atom stereocenters. The Morgan fingerprint density at radius 1 is 1.28 bits per heavy atom. The van der Waals surface area contributed by atoms with E-state index >= 15 is 0 Å². The summed E-state index contributed by atoms with van der Waals surface area (Å²) in [6, 6.07) is 8.98. The highest BCUT2D eigenvalue weighted by Crippen LogP contribution is 2.44. The average molecular weight is 344 g/mol. The summed E-state index contributed by atoms with van der Waals surface area (Å²) in [5, 5.41) is 0. The van der Waals surface area contributed by atoms with Gasteiger partial charge in [0.2, 0.25) is 0 Å². The van der Waals surface area contributed by atoms with Crippen LogP contribution in [0.2, 0.25) is 0 Å². The molecule has 2 fully saturated rings. The summed E-state index contributed by atoms with van der Waals surface area (Å²) >= 11 is 0. The van der Waals surface area contributed by atoms with Crippen LogP contribution in [0.3, 0.4) is 0 Å². The normalized spacial score (nSPS) is 23.6. The van der Waals surface area contributed by atoms with E-state index in [1.807, 2.05) is 31.2 Å². The molecule has 0 bridgehead atoms. The number of ether oxygens (including phenoxy) is 1. The number of hydrogen-bond donors (Lipinski definition) is 0. The fourth-order valence-electron chi connectivity index (χ4n) is 4.68. The standard InChI is InChI=1S/C21H32N2O2/c1-16(2)23-15-21(13-18(23)14-25-4)9-11-22(12-10-21)20(24)19-8-6-5-7-17(19)3/h5-8,16,18H,9-15H2,1-4H3/t18-/m1/s1. The van der Waals surface area contributed by atoms with Gasteiger partial charge in [-0.25, -0.2) is 0 Å². The zero-order chi connectivity index (χ0) is 18.0. The zero-order valence-corrected chi connectivity index (χ0v) is 16.1. The highest BCUT2D eigenvalue weighted by atomic mass is 16.5. The minimum absolute atomic E-state index is 0.195. The van der Waals surface area contributed by atoms with Gasteiger partial charge >= 0.3 is 0 Å². The number of carbonyl (C=O) groups excluding carboxylic acids is 1. The third-order valence-electron chi connectivity index (χ3n) is 6.16. The molecule has 25 heavy (non-hydrogen) atoms. The van der Waals surface area contributed by atoms with E-state index in [1.54, 1.807) is 7.11 Å². The molecule has 2 saturated heterocycles. The van der Waals surface area contributed by atoms with Crippen molar-refractivity contribution in [1.82, 2.24) is 9.80 Å². The van der Waals surface area contributed by atoms with E-state index in [-0.39, 0.29) is 5.91 Å². The predicted molar refractivity (Wildman–Crippen MR) is 101 cm³/mol.